The van der Waals surface area contributed by atoms with Crippen LogP contribution < -0.4 is 10.6 Å². The Bertz CT molecular complexity index is 1240. The molecule has 0 aliphatic rings. The van der Waals surface area contributed by atoms with Crippen LogP contribution in [0.1, 0.15) is 28.0 Å². The Labute approximate surface area is 195 Å². The molecule has 2 aromatic carbocycles. The predicted molar refractivity (Wildman–Crippen MR) is 136 cm³/mol. The third-order valence-electron chi connectivity index (χ3n) is 6.00. The molecule has 2 heterocycles. The van der Waals surface area contributed by atoms with Crippen LogP contribution in [-0.2, 0) is 6.54 Å². The Kier molecular flexibility index (Phi) is 6.75. The first-order valence-electron chi connectivity index (χ1n) is 11.2. The lowest BCUT2D eigenvalue weighted by atomic mass is 10.1. The van der Waals surface area contributed by atoms with E-state index in [1.165, 1.54) is 22.2 Å². The van der Waals surface area contributed by atoms with Gasteiger partial charge in [0, 0.05) is 58.2 Å². The lowest BCUT2D eigenvalue weighted by Gasteiger charge is -2.12. The van der Waals surface area contributed by atoms with Crippen molar-refractivity contribution >= 4 is 33.9 Å². The van der Waals surface area contributed by atoms with Crippen LogP contribution in [0.2, 0.25) is 0 Å². The summed E-state index contributed by atoms with van der Waals surface area (Å²) in [5.41, 5.74) is 7.23. The summed E-state index contributed by atoms with van der Waals surface area (Å²) in [6.07, 6.45) is 4.43. The van der Waals surface area contributed by atoms with E-state index in [2.05, 4.69) is 71.2 Å². The van der Waals surface area contributed by atoms with Crippen molar-refractivity contribution in [3.8, 4) is 0 Å². The molecule has 6 nitrogen and oxygen atoms in total. The van der Waals surface area contributed by atoms with Crippen LogP contribution in [0.3, 0.4) is 0 Å². The van der Waals surface area contributed by atoms with Gasteiger partial charge in [-0.3, -0.25) is 9.78 Å². The van der Waals surface area contributed by atoms with Gasteiger partial charge in [0.25, 0.3) is 5.91 Å². The molecule has 4 rings (SSSR count). The van der Waals surface area contributed by atoms with Crippen molar-refractivity contribution in [2.75, 3.05) is 31.3 Å². The molecule has 0 bridgehead atoms. The summed E-state index contributed by atoms with van der Waals surface area (Å²) in [5, 5.41) is 7.62. The SMILES string of the molecule is Cc1c(C)n(CCCN(C)C)c2ccc(Nc3ccc(C(=O)Nc4ccncc4)cc3)cc12. The maximum atomic E-state index is 12.5. The highest BCUT2D eigenvalue weighted by molar-refractivity contribution is 6.04. The number of carbonyl (C=O) groups is 1. The monoisotopic (exact) mass is 441 g/mol. The minimum Gasteiger partial charge on any atom is -0.356 e. The van der Waals surface area contributed by atoms with E-state index >= 15 is 0 Å². The van der Waals surface area contributed by atoms with Gasteiger partial charge in [0.05, 0.1) is 0 Å². The van der Waals surface area contributed by atoms with E-state index in [1.54, 1.807) is 24.5 Å². The topological polar surface area (TPSA) is 62.2 Å². The van der Waals surface area contributed by atoms with Gasteiger partial charge in [-0.2, -0.15) is 0 Å². The molecule has 0 atom stereocenters. The van der Waals surface area contributed by atoms with Gasteiger partial charge >= 0.3 is 0 Å². The molecule has 0 saturated heterocycles. The van der Waals surface area contributed by atoms with Crippen molar-refractivity contribution in [1.82, 2.24) is 14.5 Å². The molecule has 0 fully saturated rings. The van der Waals surface area contributed by atoms with Crippen LogP contribution in [0.4, 0.5) is 17.1 Å². The van der Waals surface area contributed by atoms with E-state index in [1.807, 2.05) is 24.3 Å². The van der Waals surface area contributed by atoms with Gasteiger partial charge in [-0.1, -0.05) is 0 Å². The molecule has 4 aromatic rings. The highest BCUT2D eigenvalue weighted by Gasteiger charge is 2.12. The summed E-state index contributed by atoms with van der Waals surface area (Å²) in [5.74, 6) is -0.143. The lowest BCUT2D eigenvalue weighted by molar-refractivity contribution is 0.102. The maximum Gasteiger partial charge on any atom is 0.255 e. The molecule has 170 valence electrons. The minimum absolute atomic E-state index is 0.143. The molecular formula is C27H31N5O. The van der Waals surface area contributed by atoms with Gasteiger partial charge < -0.3 is 20.1 Å². The first-order chi connectivity index (χ1) is 15.9. The van der Waals surface area contributed by atoms with Crippen molar-refractivity contribution in [2.45, 2.75) is 26.8 Å². The number of anilines is 3. The van der Waals surface area contributed by atoms with Crippen LogP contribution in [0.25, 0.3) is 10.9 Å². The van der Waals surface area contributed by atoms with Crippen molar-refractivity contribution in [1.29, 1.82) is 0 Å². The summed E-state index contributed by atoms with van der Waals surface area (Å²) >= 11 is 0. The second kappa shape index (κ2) is 9.88. The van der Waals surface area contributed by atoms with Gasteiger partial charge in [0.15, 0.2) is 0 Å². The van der Waals surface area contributed by atoms with Crippen LogP contribution >= 0.6 is 0 Å². The fraction of sp³-hybridized carbons (Fsp3) is 0.259. The first kappa shape index (κ1) is 22.6. The third-order valence-corrected chi connectivity index (χ3v) is 6.00. The summed E-state index contributed by atoms with van der Waals surface area (Å²) in [6, 6.07) is 17.6. The van der Waals surface area contributed by atoms with Gasteiger partial charge in [-0.15, -0.1) is 0 Å². The van der Waals surface area contributed by atoms with Gasteiger partial charge in [-0.25, -0.2) is 0 Å². The van der Waals surface area contributed by atoms with E-state index < -0.39 is 0 Å². The second-order valence-corrected chi connectivity index (χ2v) is 8.64. The smallest absolute Gasteiger partial charge is 0.255 e. The van der Waals surface area contributed by atoms with E-state index in [-0.39, 0.29) is 5.91 Å². The summed E-state index contributed by atoms with van der Waals surface area (Å²) in [6.45, 7) is 6.49. The molecule has 6 heteroatoms. The number of rotatable bonds is 8. The average molecular weight is 442 g/mol. The quantitative estimate of drug-likeness (QED) is 0.374. The fourth-order valence-corrected chi connectivity index (χ4v) is 4.07. The molecule has 0 aliphatic carbocycles. The van der Waals surface area contributed by atoms with Crippen LogP contribution in [-0.4, -0.2) is 41.0 Å². The Morgan fingerprint density at radius 2 is 1.64 bits per heavy atom. The summed E-state index contributed by atoms with van der Waals surface area (Å²) in [4.78, 5) is 18.6. The van der Waals surface area contributed by atoms with Gasteiger partial charge in [0.1, 0.15) is 0 Å². The number of nitrogens with one attached hydrogen (secondary N) is 2. The number of carbonyl (C=O) groups excluding carboxylic acids is 1. The van der Waals surface area contributed by atoms with Crippen molar-refractivity contribution in [3.05, 3.63) is 83.8 Å². The number of aryl methyl sites for hydroxylation is 2. The Balaban J connectivity index is 1.47. The van der Waals surface area contributed by atoms with E-state index in [9.17, 15) is 4.79 Å². The zero-order valence-electron chi connectivity index (χ0n) is 19.7. The Morgan fingerprint density at radius 3 is 2.33 bits per heavy atom. The first-order valence-corrected chi connectivity index (χ1v) is 11.2. The molecule has 33 heavy (non-hydrogen) atoms. The van der Waals surface area contributed by atoms with E-state index in [0.29, 0.717) is 5.56 Å². The largest absolute Gasteiger partial charge is 0.356 e. The number of hydrogen-bond acceptors (Lipinski definition) is 4. The zero-order chi connectivity index (χ0) is 23.4. The second-order valence-electron chi connectivity index (χ2n) is 8.64. The molecule has 0 spiro atoms. The van der Waals surface area contributed by atoms with Crippen LogP contribution in [0.5, 0.6) is 0 Å². The maximum absolute atomic E-state index is 12.5. The number of pyridine rings is 1. The highest BCUT2D eigenvalue weighted by Crippen LogP contribution is 2.29. The number of amides is 1. The Hall–Kier alpha value is -3.64. The highest BCUT2D eigenvalue weighted by atomic mass is 16.1. The number of aromatic nitrogens is 2. The van der Waals surface area contributed by atoms with Gasteiger partial charge in [0.2, 0.25) is 0 Å². The summed E-state index contributed by atoms with van der Waals surface area (Å²) in [7, 11) is 4.23. The van der Waals surface area contributed by atoms with Gasteiger partial charge in [-0.05, 0) is 101 Å². The number of benzene rings is 2. The molecular weight excluding hydrogens is 410 g/mol. The normalized spacial score (nSPS) is 11.2. The van der Waals surface area contributed by atoms with Crippen LogP contribution in [0, 0.1) is 13.8 Å². The minimum atomic E-state index is -0.143. The number of fused-ring (bicyclic) bond motifs is 1. The van der Waals surface area contributed by atoms with E-state index in [4.69, 9.17) is 0 Å². The number of nitrogens with zero attached hydrogens (tertiary/aromatic N) is 3. The molecule has 0 aliphatic heterocycles. The molecule has 0 saturated carbocycles. The molecule has 2 aromatic heterocycles. The molecule has 2 N–H and O–H groups in total. The standard InChI is InChI=1S/C27H31N5O/c1-19-20(2)32(17-5-16-31(3)4)26-11-10-24(18-25(19)26)29-22-8-6-21(7-9-22)27(33)30-23-12-14-28-15-13-23/h6-15,18,29H,5,16-17H2,1-4H3,(H,28,30,33). The van der Waals surface area contributed by atoms with Crippen molar-refractivity contribution in [3.63, 3.8) is 0 Å². The van der Waals surface area contributed by atoms with E-state index in [0.717, 1.165) is 36.6 Å². The molecule has 0 radical (unpaired) electrons. The Morgan fingerprint density at radius 1 is 0.939 bits per heavy atom. The lowest BCUT2D eigenvalue weighted by Crippen LogP contribution is -2.15. The average Bonchev–Trinajstić information content (AvgIpc) is 3.04. The summed E-state index contributed by atoms with van der Waals surface area (Å²) < 4.78 is 2.42. The van der Waals surface area contributed by atoms with Crippen molar-refractivity contribution < 1.29 is 4.79 Å². The van der Waals surface area contributed by atoms with Crippen molar-refractivity contribution in [2.24, 2.45) is 0 Å². The predicted octanol–water partition coefficient (Wildman–Crippen LogP) is 5.60. The molecule has 1 amide bonds. The molecule has 0 unspecified atom stereocenters. The third kappa shape index (κ3) is 5.23. The fourth-order valence-electron chi connectivity index (χ4n) is 4.07. The zero-order valence-corrected chi connectivity index (χ0v) is 19.7. The van der Waals surface area contributed by atoms with Crippen LogP contribution in [0.15, 0.2) is 67.0 Å². The number of hydrogen-bond donors (Lipinski definition) is 2.